The molecule has 1 heteroatoms. The molecule has 0 aliphatic heterocycles. The van der Waals surface area contributed by atoms with Gasteiger partial charge in [-0.1, -0.05) is 64.3 Å². The maximum atomic E-state index is 10.5. The lowest BCUT2D eigenvalue weighted by Crippen LogP contribution is -2.20. The van der Waals surface area contributed by atoms with Gasteiger partial charge >= 0.3 is 0 Å². The van der Waals surface area contributed by atoms with Gasteiger partial charge < -0.3 is 5.11 Å². The highest BCUT2D eigenvalue weighted by molar-refractivity contribution is 5.28. The van der Waals surface area contributed by atoms with Crippen molar-refractivity contribution in [1.82, 2.24) is 0 Å². The zero-order chi connectivity index (χ0) is 13.6. The average Bonchev–Trinajstić information content (AvgIpc) is 2.38. The molecule has 0 radical (unpaired) electrons. The first-order chi connectivity index (χ1) is 8.51. The Bertz CT molecular complexity index is 337. The summed E-state index contributed by atoms with van der Waals surface area (Å²) < 4.78 is 0. The van der Waals surface area contributed by atoms with Crippen LogP contribution in [0, 0.1) is 0 Å². The van der Waals surface area contributed by atoms with E-state index < -0.39 is 5.60 Å². The van der Waals surface area contributed by atoms with Crippen LogP contribution in [0.3, 0.4) is 0 Å². The van der Waals surface area contributed by atoms with Crippen molar-refractivity contribution in [2.24, 2.45) is 0 Å². The molecule has 0 fully saturated rings. The van der Waals surface area contributed by atoms with Crippen molar-refractivity contribution in [1.29, 1.82) is 0 Å². The van der Waals surface area contributed by atoms with Crippen molar-refractivity contribution < 1.29 is 5.11 Å². The monoisotopic (exact) mass is 248 g/mol. The summed E-state index contributed by atoms with van der Waals surface area (Å²) in [6.45, 7) is 8.57. The highest BCUT2D eigenvalue weighted by Crippen LogP contribution is 2.28. The van der Waals surface area contributed by atoms with E-state index in [0.29, 0.717) is 5.92 Å². The summed E-state index contributed by atoms with van der Waals surface area (Å²) >= 11 is 0. The average molecular weight is 248 g/mol. The van der Waals surface area contributed by atoms with Gasteiger partial charge in [0.1, 0.15) is 0 Å². The zero-order valence-electron chi connectivity index (χ0n) is 12.4. The molecule has 0 aliphatic carbocycles. The van der Waals surface area contributed by atoms with E-state index >= 15 is 0 Å². The zero-order valence-corrected chi connectivity index (χ0v) is 12.4. The normalized spacial score (nSPS) is 16.3. The summed E-state index contributed by atoms with van der Waals surface area (Å²) in [5, 5.41) is 10.5. The lowest BCUT2D eigenvalue weighted by atomic mass is 9.88. The van der Waals surface area contributed by atoms with Gasteiger partial charge in [0.25, 0.3) is 0 Å². The second-order valence-electron chi connectivity index (χ2n) is 5.66. The highest BCUT2D eigenvalue weighted by atomic mass is 16.3. The summed E-state index contributed by atoms with van der Waals surface area (Å²) in [6.07, 6.45) is 5.50. The molecule has 18 heavy (non-hydrogen) atoms. The molecule has 2 unspecified atom stereocenters. The summed E-state index contributed by atoms with van der Waals surface area (Å²) in [4.78, 5) is 0. The maximum Gasteiger partial charge on any atom is 0.0868 e. The van der Waals surface area contributed by atoms with Crippen molar-refractivity contribution in [2.45, 2.75) is 71.3 Å². The Kier molecular flexibility index (Phi) is 5.87. The van der Waals surface area contributed by atoms with Crippen LogP contribution in [0.25, 0.3) is 0 Å². The van der Waals surface area contributed by atoms with Gasteiger partial charge in [0.05, 0.1) is 5.60 Å². The largest absolute Gasteiger partial charge is 0.385 e. The van der Waals surface area contributed by atoms with Crippen LogP contribution in [0.4, 0.5) is 0 Å². The summed E-state index contributed by atoms with van der Waals surface area (Å²) in [5.41, 5.74) is 1.74. The number of hydrogen-bond donors (Lipinski definition) is 1. The van der Waals surface area contributed by atoms with Crippen molar-refractivity contribution in [3.63, 3.8) is 0 Å². The lowest BCUT2D eigenvalue weighted by Gasteiger charge is -2.24. The Morgan fingerprint density at radius 1 is 1.11 bits per heavy atom. The lowest BCUT2D eigenvalue weighted by molar-refractivity contribution is 0.0449. The van der Waals surface area contributed by atoms with Gasteiger partial charge in [-0.05, 0) is 36.8 Å². The number of hydrogen-bond acceptors (Lipinski definition) is 1. The van der Waals surface area contributed by atoms with Gasteiger partial charge in [0.2, 0.25) is 0 Å². The fourth-order valence-corrected chi connectivity index (χ4v) is 2.27. The molecule has 0 heterocycles. The molecular formula is C17H28O. The Balaban J connectivity index is 2.71. The quantitative estimate of drug-likeness (QED) is 0.674. The number of unbranched alkanes of at least 4 members (excludes halogenated alkanes) is 2. The molecule has 1 N–H and O–H groups in total. The van der Waals surface area contributed by atoms with Crippen molar-refractivity contribution in [3.05, 3.63) is 35.4 Å². The van der Waals surface area contributed by atoms with E-state index in [2.05, 4.69) is 45.0 Å². The minimum absolute atomic E-state index is 0.601. The Hall–Kier alpha value is -0.820. The first kappa shape index (κ1) is 15.2. The van der Waals surface area contributed by atoms with Crippen LogP contribution in [-0.4, -0.2) is 5.11 Å². The predicted molar refractivity (Wildman–Crippen MR) is 78.9 cm³/mol. The molecule has 0 amide bonds. The number of rotatable bonds is 7. The van der Waals surface area contributed by atoms with Gasteiger partial charge in [-0.25, -0.2) is 0 Å². The topological polar surface area (TPSA) is 20.2 Å². The molecule has 0 aromatic heterocycles. The molecule has 2 atom stereocenters. The smallest absolute Gasteiger partial charge is 0.0868 e. The molecular weight excluding hydrogens is 220 g/mol. The number of aliphatic hydroxyl groups is 1. The summed E-state index contributed by atoms with van der Waals surface area (Å²) in [5.74, 6) is 0.601. The minimum Gasteiger partial charge on any atom is -0.385 e. The fraction of sp³-hybridized carbons (Fsp3) is 0.647. The molecule has 102 valence electrons. The maximum absolute atomic E-state index is 10.5. The molecule has 1 rings (SSSR count). The van der Waals surface area contributed by atoms with Crippen LogP contribution in [-0.2, 0) is 5.60 Å². The van der Waals surface area contributed by atoms with E-state index in [4.69, 9.17) is 0 Å². The van der Waals surface area contributed by atoms with E-state index in [9.17, 15) is 5.11 Å². The number of benzene rings is 1. The van der Waals surface area contributed by atoms with Crippen molar-refractivity contribution in [2.75, 3.05) is 0 Å². The fourth-order valence-electron chi connectivity index (χ4n) is 2.27. The van der Waals surface area contributed by atoms with Crippen LogP contribution in [0.1, 0.15) is 76.8 Å². The van der Waals surface area contributed by atoms with E-state index in [1.165, 1.54) is 18.4 Å². The van der Waals surface area contributed by atoms with Crippen molar-refractivity contribution >= 4 is 0 Å². The van der Waals surface area contributed by atoms with Crippen LogP contribution >= 0.6 is 0 Å². The highest BCUT2D eigenvalue weighted by Gasteiger charge is 2.22. The van der Waals surface area contributed by atoms with E-state index in [1.807, 2.05) is 6.92 Å². The Morgan fingerprint density at radius 2 is 1.72 bits per heavy atom. The van der Waals surface area contributed by atoms with Crippen LogP contribution in [0.2, 0.25) is 0 Å². The molecule has 0 bridgehead atoms. The molecule has 0 saturated heterocycles. The van der Waals surface area contributed by atoms with E-state index in [0.717, 1.165) is 24.8 Å². The molecule has 0 aliphatic rings. The first-order valence-corrected chi connectivity index (χ1v) is 7.34. The molecule has 1 aromatic carbocycles. The first-order valence-electron chi connectivity index (χ1n) is 7.34. The second-order valence-corrected chi connectivity index (χ2v) is 5.66. The van der Waals surface area contributed by atoms with Gasteiger partial charge in [-0.2, -0.15) is 0 Å². The van der Waals surface area contributed by atoms with Gasteiger partial charge in [-0.15, -0.1) is 0 Å². The van der Waals surface area contributed by atoms with Crippen molar-refractivity contribution in [3.8, 4) is 0 Å². The van der Waals surface area contributed by atoms with Crippen LogP contribution in [0.5, 0.6) is 0 Å². The van der Waals surface area contributed by atoms with E-state index in [1.54, 1.807) is 0 Å². The van der Waals surface area contributed by atoms with Crippen LogP contribution < -0.4 is 0 Å². The Morgan fingerprint density at radius 3 is 2.22 bits per heavy atom. The molecule has 0 saturated carbocycles. The van der Waals surface area contributed by atoms with Crippen LogP contribution in [0.15, 0.2) is 24.3 Å². The van der Waals surface area contributed by atoms with Gasteiger partial charge in [-0.3, -0.25) is 0 Å². The Labute approximate surface area is 112 Å². The summed E-state index contributed by atoms with van der Waals surface area (Å²) in [6, 6.07) is 8.51. The third-order valence-corrected chi connectivity index (χ3v) is 3.98. The van der Waals surface area contributed by atoms with E-state index in [-0.39, 0.29) is 0 Å². The van der Waals surface area contributed by atoms with Gasteiger partial charge in [0.15, 0.2) is 0 Å². The van der Waals surface area contributed by atoms with Gasteiger partial charge in [0, 0.05) is 0 Å². The standard InChI is InChI=1S/C17H28O/c1-5-7-8-13-17(4,18)16-11-9-15(10-12-16)14(3)6-2/h9-12,14,18H,5-8,13H2,1-4H3. The predicted octanol–water partition coefficient (Wildman–Crippen LogP) is 4.99. The third-order valence-electron chi connectivity index (χ3n) is 3.98. The molecule has 1 aromatic rings. The molecule has 0 spiro atoms. The molecule has 1 nitrogen and oxygen atoms in total. The summed E-state index contributed by atoms with van der Waals surface area (Å²) in [7, 11) is 0. The minimum atomic E-state index is -0.677. The second kappa shape index (κ2) is 6.94. The SMILES string of the molecule is CCCCCC(C)(O)c1ccc(C(C)CC)cc1. The third kappa shape index (κ3) is 4.13.